The first kappa shape index (κ1) is 10.7. The van der Waals surface area contributed by atoms with E-state index in [-0.39, 0.29) is 5.91 Å². The fourth-order valence-corrected chi connectivity index (χ4v) is 1.38. The number of aromatic nitrogens is 2. The topological polar surface area (TPSA) is 34.9 Å². The van der Waals surface area contributed by atoms with Gasteiger partial charge in [0.1, 0.15) is 5.82 Å². The number of rotatable bonds is 1. The molecule has 0 bridgehead atoms. The lowest BCUT2D eigenvalue weighted by Gasteiger charge is -2.05. The molecule has 0 radical (unpaired) electrons. The Bertz CT molecular complexity index is 400. The van der Waals surface area contributed by atoms with E-state index in [4.69, 9.17) is 0 Å². The van der Waals surface area contributed by atoms with Crippen LogP contribution in [-0.4, -0.2) is 15.5 Å². The lowest BCUT2D eigenvalue weighted by Crippen LogP contribution is -2.15. The molecule has 0 saturated carbocycles. The van der Waals surface area contributed by atoms with Gasteiger partial charge in [-0.25, -0.2) is 4.98 Å². The molecule has 0 spiro atoms. The summed E-state index contributed by atoms with van der Waals surface area (Å²) in [7, 11) is 0. The fourth-order valence-electron chi connectivity index (χ4n) is 1.38. The molecule has 1 aromatic rings. The van der Waals surface area contributed by atoms with Crippen LogP contribution in [0.3, 0.4) is 0 Å². The summed E-state index contributed by atoms with van der Waals surface area (Å²) >= 11 is 0. The Balaban J connectivity index is 3.26. The number of nitrogens with zero attached hydrogens (tertiary/aromatic N) is 2. The molecule has 3 nitrogen and oxygen atoms in total. The van der Waals surface area contributed by atoms with Crippen LogP contribution >= 0.6 is 0 Å². The van der Waals surface area contributed by atoms with Gasteiger partial charge < -0.3 is 0 Å². The second-order valence-electron chi connectivity index (χ2n) is 3.44. The Labute approximate surface area is 84.5 Å². The van der Waals surface area contributed by atoms with E-state index < -0.39 is 0 Å². The zero-order valence-electron chi connectivity index (χ0n) is 9.38. The number of carbonyl (C=O) groups excluding carboxylic acids is 1. The van der Waals surface area contributed by atoms with Gasteiger partial charge in [0, 0.05) is 11.3 Å². The molecule has 0 atom stereocenters. The molecule has 0 aliphatic carbocycles. The lowest BCUT2D eigenvalue weighted by atomic mass is 10.2. The van der Waals surface area contributed by atoms with E-state index >= 15 is 0 Å². The Morgan fingerprint density at radius 3 is 2.29 bits per heavy atom. The molecule has 0 aliphatic heterocycles. The van der Waals surface area contributed by atoms with Crippen LogP contribution in [0.5, 0.6) is 0 Å². The highest BCUT2D eigenvalue weighted by molar-refractivity contribution is 5.95. The summed E-state index contributed by atoms with van der Waals surface area (Å²) in [5.41, 5.74) is 2.59. The fraction of sp³-hybridized carbons (Fsp3) is 0.455. The van der Waals surface area contributed by atoms with Crippen LogP contribution in [0.1, 0.15) is 35.9 Å². The van der Waals surface area contributed by atoms with Gasteiger partial charge in [0.25, 0.3) is 5.91 Å². The van der Waals surface area contributed by atoms with E-state index in [0.717, 1.165) is 22.8 Å². The van der Waals surface area contributed by atoms with Gasteiger partial charge >= 0.3 is 0 Å². The van der Waals surface area contributed by atoms with Crippen molar-refractivity contribution in [2.75, 3.05) is 0 Å². The van der Waals surface area contributed by atoms with Crippen LogP contribution in [0, 0.1) is 20.8 Å². The maximum Gasteiger partial charge on any atom is 0.258 e. The molecule has 0 unspecified atom stereocenters. The maximum atomic E-state index is 11.9. The van der Waals surface area contributed by atoms with Gasteiger partial charge in [0.15, 0.2) is 0 Å². The number of hydrogen-bond donors (Lipinski definition) is 0. The third-order valence-corrected chi connectivity index (χ3v) is 2.49. The van der Waals surface area contributed by atoms with Gasteiger partial charge in [-0.1, -0.05) is 6.08 Å². The highest BCUT2D eigenvalue weighted by Crippen LogP contribution is 2.11. The summed E-state index contributed by atoms with van der Waals surface area (Å²) in [5.74, 6) is 0.773. The largest absolute Gasteiger partial charge is 0.269 e. The molecule has 1 rings (SSSR count). The molecule has 0 aromatic carbocycles. The molecule has 76 valence electrons. The summed E-state index contributed by atoms with van der Waals surface area (Å²) in [4.78, 5) is 16.1. The van der Waals surface area contributed by atoms with E-state index in [2.05, 4.69) is 4.98 Å². The van der Waals surface area contributed by atoms with Gasteiger partial charge in [-0.2, -0.15) is 0 Å². The molecule has 0 N–H and O–H groups in total. The van der Waals surface area contributed by atoms with Gasteiger partial charge in [0.05, 0.1) is 5.69 Å². The minimum absolute atomic E-state index is 0.0168. The average Bonchev–Trinajstić information content (AvgIpc) is 2.39. The van der Waals surface area contributed by atoms with Crippen molar-refractivity contribution in [1.29, 1.82) is 0 Å². The van der Waals surface area contributed by atoms with E-state index in [1.54, 1.807) is 4.57 Å². The van der Waals surface area contributed by atoms with Crippen molar-refractivity contribution in [3.05, 3.63) is 28.9 Å². The van der Waals surface area contributed by atoms with E-state index in [9.17, 15) is 4.79 Å². The standard InChI is InChI=1S/C11H16N2O/c1-6-7(2)11(14)13-9(4)8(3)12-10(13)5/h6H,1-5H3/b7-6+. The van der Waals surface area contributed by atoms with E-state index in [0.29, 0.717) is 0 Å². The molecule has 14 heavy (non-hydrogen) atoms. The Morgan fingerprint density at radius 1 is 1.36 bits per heavy atom. The van der Waals surface area contributed by atoms with E-state index in [1.165, 1.54) is 0 Å². The third-order valence-electron chi connectivity index (χ3n) is 2.49. The zero-order valence-corrected chi connectivity index (χ0v) is 9.38. The zero-order chi connectivity index (χ0) is 10.9. The van der Waals surface area contributed by atoms with Crippen LogP contribution in [0.15, 0.2) is 11.6 Å². The summed E-state index contributed by atoms with van der Waals surface area (Å²) < 4.78 is 1.66. The Kier molecular flexibility index (Phi) is 2.89. The number of hydrogen-bond acceptors (Lipinski definition) is 2. The second-order valence-corrected chi connectivity index (χ2v) is 3.44. The number of allylic oxidation sites excluding steroid dienone is 2. The number of aryl methyl sites for hydroxylation is 2. The van der Waals surface area contributed by atoms with Crippen molar-refractivity contribution in [2.45, 2.75) is 34.6 Å². The molecule has 0 fully saturated rings. The van der Waals surface area contributed by atoms with Gasteiger partial charge in [-0.05, 0) is 34.6 Å². The van der Waals surface area contributed by atoms with E-state index in [1.807, 2.05) is 40.7 Å². The number of imidazole rings is 1. The summed E-state index contributed by atoms with van der Waals surface area (Å²) in [5, 5.41) is 0. The first-order valence-corrected chi connectivity index (χ1v) is 4.69. The average molecular weight is 192 g/mol. The Morgan fingerprint density at radius 2 is 1.93 bits per heavy atom. The molecular formula is C11H16N2O. The first-order valence-electron chi connectivity index (χ1n) is 4.69. The van der Waals surface area contributed by atoms with Gasteiger partial charge in [0.2, 0.25) is 0 Å². The van der Waals surface area contributed by atoms with Crippen molar-refractivity contribution in [1.82, 2.24) is 9.55 Å². The normalized spacial score (nSPS) is 11.9. The summed E-state index contributed by atoms with van der Waals surface area (Å²) in [6.07, 6.45) is 1.82. The van der Waals surface area contributed by atoms with Crippen LogP contribution in [0.4, 0.5) is 0 Å². The lowest BCUT2D eigenvalue weighted by molar-refractivity contribution is 0.0950. The highest BCUT2D eigenvalue weighted by Gasteiger charge is 2.14. The number of carbonyl (C=O) groups is 1. The molecular weight excluding hydrogens is 176 g/mol. The van der Waals surface area contributed by atoms with Crippen LogP contribution in [-0.2, 0) is 0 Å². The van der Waals surface area contributed by atoms with Gasteiger partial charge in [-0.15, -0.1) is 0 Å². The maximum absolute atomic E-state index is 11.9. The summed E-state index contributed by atoms with van der Waals surface area (Å²) in [6, 6.07) is 0. The minimum atomic E-state index is 0.0168. The van der Waals surface area contributed by atoms with Gasteiger partial charge in [-0.3, -0.25) is 9.36 Å². The summed E-state index contributed by atoms with van der Waals surface area (Å²) in [6.45, 7) is 9.35. The first-order chi connectivity index (χ1) is 6.49. The second kappa shape index (κ2) is 3.78. The van der Waals surface area contributed by atoms with Crippen molar-refractivity contribution in [3.63, 3.8) is 0 Å². The Hall–Kier alpha value is -1.38. The quantitative estimate of drug-likeness (QED) is 0.640. The van der Waals surface area contributed by atoms with Crippen molar-refractivity contribution >= 4 is 5.91 Å². The van der Waals surface area contributed by atoms with Crippen LogP contribution in [0.2, 0.25) is 0 Å². The molecule has 1 heterocycles. The van der Waals surface area contributed by atoms with Crippen molar-refractivity contribution < 1.29 is 4.79 Å². The van der Waals surface area contributed by atoms with Crippen molar-refractivity contribution in [2.24, 2.45) is 0 Å². The highest BCUT2D eigenvalue weighted by atomic mass is 16.2. The predicted octanol–water partition coefficient (Wildman–Crippen LogP) is 2.41. The third kappa shape index (κ3) is 1.62. The molecule has 0 aliphatic rings. The van der Waals surface area contributed by atoms with Crippen LogP contribution < -0.4 is 0 Å². The monoisotopic (exact) mass is 192 g/mol. The minimum Gasteiger partial charge on any atom is -0.269 e. The smallest absolute Gasteiger partial charge is 0.258 e. The molecule has 0 saturated heterocycles. The predicted molar refractivity (Wildman–Crippen MR) is 56.5 cm³/mol. The molecule has 1 aromatic heterocycles. The van der Waals surface area contributed by atoms with Crippen LogP contribution in [0.25, 0.3) is 0 Å². The molecule has 0 amide bonds. The SMILES string of the molecule is C/C=C(\C)C(=O)n1c(C)nc(C)c1C. The van der Waals surface area contributed by atoms with Crippen molar-refractivity contribution in [3.8, 4) is 0 Å². The molecule has 3 heteroatoms.